The molecule has 0 saturated carbocycles. The molecule has 0 saturated heterocycles. The molecule has 0 radical (unpaired) electrons. The van der Waals surface area contributed by atoms with E-state index in [1.807, 2.05) is 0 Å². The highest BCUT2D eigenvalue weighted by Crippen LogP contribution is 2.34. The van der Waals surface area contributed by atoms with E-state index in [9.17, 15) is 22.8 Å². The maximum Gasteiger partial charge on any atom is 0.424 e. The van der Waals surface area contributed by atoms with Crippen molar-refractivity contribution in [1.82, 2.24) is 4.57 Å². The van der Waals surface area contributed by atoms with E-state index >= 15 is 0 Å². The van der Waals surface area contributed by atoms with Crippen molar-refractivity contribution in [1.29, 1.82) is 0 Å². The maximum absolute atomic E-state index is 12.8. The first-order chi connectivity index (χ1) is 11.7. The molecule has 3 rings (SSSR count). The second-order valence-electron chi connectivity index (χ2n) is 5.09. The maximum atomic E-state index is 12.8. The van der Waals surface area contributed by atoms with Crippen LogP contribution in [0.4, 0.5) is 13.2 Å². The molecule has 1 aromatic heterocycles. The molecule has 9 heteroatoms. The largest absolute Gasteiger partial charge is 0.427 e. The van der Waals surface area contributed by atoms with Crippen LogP contribution < -0.4 is 10.5 Å². The number of carbonyl (C=O) groups is 1. The molecule has 3 aromatic rings. The summed E-state index contributed by atoms with van der Waals surface area (Å²) in [6.07, 6.45) is -4.56. The number of carbonyl (C=O) groups excluding carboxylic acids is 1. The predicted octanol–water partition coefficient (Wildman–Crippen LogP) is 4.18. The van der Waals surface area contributed by atoms with Gasteiger partial charge in [-0.3, -0.25) is 4.79 Å². The number of rotatable bonds is 2. The van der Waals surface area contributed by atoms with Gasteiger partial charge in [-0.15, -0.1) is 0 Å². The van der Waals surface area contributed by atoms with Crippen LogP contribution in [0.2, 0.25) is 5.02 Å². The lowest BCUT2D eigenvalue weighted by Crippen LogP contribution is -2.13. The normalized spacial score (nSPS) is 11.7. The standard InChI is InChI=1S/C16H9ClF3NO4/c1-8(22)24-10-3-5-14-13(7-10)21(15(23)25-14)12-4-2-9(6-11(12)17)16(18,19)20/h2-7H,1H3. The molecule has 0 fully saturated rings. The molecule has 0 aliphatic heterocycles. The summed E-state index contributed by atoms with van der Waals surface area (Å²) in [6.45, 7) is 1.21. The SMILES string of the molecule is CC(=O)Oc1ccc2oc(=O)n(-c3ccc(C(F)(F)F)cc3Cl)c2c1. The van der Waals surface area contributed by atoms with E-state index in [1.54, 1.807) is 0 Å². The van der Waals surface area contributed by atoms with E-state index in [-0.39, 0.29) is 27.6 Å². The summed E-state index contributed by atoms with van der Waals surface area (Å²) in [5, 5.41) is -0.280. The van der Waals surface area contributed by atoms with Gasteiger partial charge >= 0.3 is 17.9 Å². The summed E-state index contributed by atoms with van der Waals surface area (Å²) in [4.78, 5) is 23.2. The zero-order valence-electron chi connectivity index (χ0n) is 12.6. The van der Waals surface area contributed by atoms with Gasteiger partial charge in [0.05, 0.1) is 21.8 Å². The number of hydrogen-bond donors (Lipinski definition) is 0. The summed E-state index contributed by atoms with van der Waals surface area (Å²) < 4.78 is 49.3. The first kappa shape index (κ1) is 17.1. The van der Waals surface area contributed by atoms with Crippen molar-refractivity contribution in [3.63, 3.8) is 0 Å². The minimum absolute atomic E-state index is 0.0124. The van der Waals surface area contributed by atoms with Crippen LogP contribution in [-0.4, -0.2) is 10.5 Å². The highest BCUT2D eigenvalue weighted by Gasteiger charge is 2.31. The molecule has 5 nitrogen and oxygen atoms in total. The van der Waals surface area contributed by atoms with Gasteiger partial charge in [-0.05, 0) is 30.3 Å². The van der Waals surface area contributed by atoms with Crippen LogP contribution >= 0.6 is 11.6 Å². The molecule has 130 valence electrons. The summed E-state index contributed by atoms with van der Waals surface area (Å²) in [5.41, 5.74) is -0.566. The van der Waals surface area contributed by atoms with Crippen LogP contribution in [-0.2, 0) is 11.0 Å². The Bertz CT molecular complexity index is 1040. The summed E-state index contributed by atoms with van der Waals surface area (Å²) >= 11 is 5.94. The van der Waals surface area contributed by atoms with E-state index in [0.29, 0.717) is 0 Å². The Labute approximate surface area is 143 Å². The van der Waals surface area contributed by atoms with Gasteiger partial charge in [0.15, 0.2) is 5.58 Å². The molecule has 0 amide bonds. The van der Waals surface area contributed by atoms with E-state index in [1.165, 1.54) is 25.1 Å². The van der Waals surface area contributed by atoms with E-state index in [0.717, 1.165) is 22.8 Å². The first-order valence-electron chi connectivity index (χ1n) is 6.88. The number of halogens is 4. The number of ether oxygens (including phenoxy) is 1. The zero-order chi connectivity index (χ0) is 18.4. The van der Waals surface area contributed by atoms with Gasteiger partial charge in [-0.1, -0.05) is 11.6 Å². The monoisotopic (exact) mass is 371 g/mol. The molecule has 0 spiro atoms. The van der Waals surface area contributed by atoms with Gasteiger partial charge in [-0.2, -0.15) is 13.2 Å². The Morgan fingerprint density at radius 2 is 1.92 bits per heavy atom. The van der Waals surface area contributed by atoms with Crippen LogP contribution in [0.3, 0.4) is 0 Å². The smallest absolute Gasteiger partial charge is 0.424 e. The fraction of sp³-hybridized carbons (Fsp3) is 0.125. The minimum atomic E-state index is -4.56. The molecule has 0 N–H and O–H groups in total. The Morgan fingerprint density at radius 3 is 2.52 bits per heavy atom. The van der Waals surface area contributed by atoms with Crippen LogP contribution in [0.15, 0.2) is 45.6 Å². The summed E-state index contributed by atoms with van der Waals surface area (Å²) in [7, 11) is 0. The third kappa shape index (κ3) is 3.25. The van der Waals surface area contributed by atoms with Crippen molar-refractivity contribution in [2.75, 3.05) is 0 Å². The lowest BCUT2D eigenvalue weighted by molar-refractivity contribution is -0.137. The third-order valence-electron chi connectivity index (χ3n) is 3.33. The molecule has 0 aliphatic carbocycles. The average Bonchev–Trinajstić information content (AvgIpc) is 2.81. The number of hydrogen-bond acceptors (Lipinski definition) is 4. The Balaban J connectivity index is 2.19. The van der Waals surface area contributed by atoms with Crippen LogP contribution in [0.5, 0.6) is 5.75 Å². The van der Waals surface area contributed by atoms with Crippen molar-refractivity contribution in [3.8, 4) is 11.4 Å². The van der Waals surface area contributed by atoms with E-state index in [4.69, 9.17) is 20.8 Å². The van der Waals surface area contributed by atoms with Crippen LogP contribution in [0, 0.1) is 0 Å². The second kappa shape index (κ2) is 5.96. The Morgan fingerprint density at radius 1 is 1.20 bits per heavy atom. The fourth-order valence-corrected chi connectivity index (χ4v) is 2.58. The molecule has 1 heterocycles. The number of benzene rings is 2. The third-order valence-corrected chi connectivity index (χ3v) is 3.63. The molecule has 0 aliphatic rings. The summed E-state index contributed by atoms with van der Waals surface area (Å²) in [5.74, 6) is -1.25. The highest BCUT2D eigenvalue weighted by molar-refractivity contribution is 6.32. The Hall–Kier alpha value is -2.74. The number of aromatic nitrogens is 1. The molecule has 0 unspecified atom stereocenters. The minimum Gasteiger partial charge on any atom is -0.427 e. The lowest BCUT2D eigenvalue weighted by atomic mass is 10.2. The predicted molar refractivity (Wildman–Crippen MR) is 83.1 cm³/mol. The van der Waals surface area contributed by atoms with Crippen molar-refractivity contribution >= 4 is 28.7 Å². The zero-order valence-corrected chi connectivity index (χ0v) is 13.3. The van der Waals surface area contributed by atoms with Crippen molar-refractivity contribution < 1.29 is 27.1 Å². The van der Waals surface area contributed by atoms with Crippen LogP contribution in [0.1, 0.15) is 12.5 Å². The van der Waals surface area contributed by atoms with Gasteiger partial charge in [0, 0.05) is 13.0 Å². The number of alkyl halides is 3. The van der Waals surface area contributed by atoms with Crippen molar-refractivity contribution in [2.24, 2.45) is 0 Å². The molecular weight excluding hydrogens is 363 g/mol. The number of oxazole rings is 1. The molecule has 0 atom stereocenters. The van der Waals surface area contributed by atoms with Gasteiger partial charge < -0.3 is 9.15 Å². The molecule has 2 aromatic carbocycles. The number of esters is 1. The number of nitrogens with zero attached hydrogens (tertiary/aromatic N) is 1. The van der Waals surface area contributed by atoms with Gasteiger partial charge in [0.1, 0.15) is 5.75 Å². The highest BCUT2D eigenvalue weighted by atomic mass is 35.5. The van der Waals surface area contributed by atoms with E-state index in [2.05, 4.69) is 0 Å². The van der Waals surface area contributed by atoms with Crippen molar-refractivity contribution in [2.45, 2.75) is 13.1 Å². The Kier molecular flexibility index (Phi) is 4.08. The fourth-order valence-electron chi connectivity index (χ4n) is 2.32. The summed E-state index contributed by atoms with van der Waals surface area (Å²) in [6, 6.07) is 6.78. The quantitative estimate of drug-likeness (QED) is 0.501. The number of fused-ring (bicyclic) bond motifs is 1. The second-order valence-corrected chi connectivity index (χ2v) is 5.50. The van der Waals surface area contributed by atoms with Crippen LogP contribution in [0.25, 0.3) is 16.8 Å². The van der Waals surface area contributed by atoms with Gasteiger partial charge in [-0.25, -0.2) is 9.36 Å². The van der Waals surface area contributed by atoms with Gasteiger partial charge in [0.2, 0.25) is 0 Å². The molecular formula is C16H9ClF3NO4. The molecule has 25 heavy (non-hydrogen) atoms. The van der Waals surface area contributed by atoms with Gasteiger partial charge in [0.25, 0.3) is 0 Å². The van der Waals surface area contributed by atoms with Crippen molar-refractivity contribution in [3.05, 3.63) is 57.5 Å². The average molecular weight is 372 g/mol. The first-order valence-corrected chi connectivity index (χ1v) is 7.26. The lowest BCUT2D eigenvalue weighted by Gasteiger charge is -2.10. The topological polar surface area (TPSA) is 61.4 Å². The van der Waals surface area contributed by atoms with E-state index < -0.39 is 23.5 Å². The molecule has 0 bridgehead atoms.